The van der Waals surface area contributed by atoms with Gasteiger partial charge in [0.25, 0.3) is 0 Å². The fraction of sp³-hybridized carbons (Fsp3) is 0.667. The maximum atomic E-state index is 11.0. The fourth-order valence-corrected chi connectivity index (χ4v) is 3.69. The Balaban J connectivity index is 1.52. The molecule has 2 heterocycles. The second-order valence-electron chi connectivity index (χ2n) is 6.46. The van der Waals surface area contributed by atoms with Crippen LogP contribution >= 0.6 is 0 Å². The van der Waals surface area contributed by atoms with E-state index in [0.717, 1.165) is 24.7 Å². The number of fused-ring (bicyclic) bond motifs is 1. The summed E-state index contributed by atoms with van der Waals surface area (Å²) in [6.07, 6.45) is 3.78. The first kappa shape index (κ1) is 12.1. The Kier molecular flexibility index (Phi) is 2.53. The molecule has 5 heteroatoms. The topological polar surface area (TPSA) is 66.3 Å². The highest BCUT2D eigenvalue weighted by Gasteiger charge is 2.60. The Morgan fingerprint density at radius 2 is 2.00 bits per heavy atom. The molecule has 5 nitrogen and oxygen atoms in total. The number of carboxylic acid groups (broad SMARTS) is 1. The van der Waals surface area contributed by atoms with E-state index in [1.54, 1.807) is 0 Å². The van der Waals surface area contributed by atoms with Crippen LogP contribution in [0.2, 0.25) is 0 Å². The maximum Gasteiger partial charge on any atom is 0.307 e. The molecule has 1 aliphatic heterocycles. The molecule has 0 spiro atoms. The largest absolute Gasteiger partial charge is 0.481 e. The van der Waals surface area contributed by atoms with Gasteiger partial charge in [-0.1, -0.05) is 6.42 Å². The number of aromatic nitrogens is 2. The molecule has 106 valence electrons. The highest BCUT2D eigenvalue weighted by Crippen LogP contribution is 2.52. The van der Waals surface area contributed by atoms with Crippen molar-refractivity contribution in [3.8, 4) is 0 Å². The van der Waals surface area contributed by atoms with Crippen LogP contribution in [0.1, 0.15) is 36.6 Å². The second kappa shape index (κ2) is 4.17. The Bertz CT molecular complexity index is 558. The molecular weight excluding hydrogens is 254 g/mol. The van der Waals surface area contributed by atoms with Gasteiger partial charge in [0.1, 0.15) is 0 Å². The lowest BCUT2D eigenvalue weighted by Gasteiger charge is -2.27. The van der Waals surface area contributed by atoms with E-state index in [1.807, 2.05) is 6.92 Å². The van der Waals surface area contributed by atoms with Crippen molar-refractivity contribution >= 4 is 11.9 Å². The monoisotopic (exact) mass is 273 g/mol. The number of carboxylic acids is 1. The molecule has 0 aromatic carbocycles. The van der Waals surface area contributed by atoms with Crippen molar-refractivity contribution in [2.75, 3.05) is 18.0 Å². The summed E-state index contributed by atoms with van der Waals surface area (Å²) in [5.41, 5.74) is 2.20. The highest BCUT2D eigenvalue weighted by atomic mass is 16.4. The van der Waals surface area contributed by atoms with E-state index in [-0.39, 0.29) is 5.92 Å². The third kappa shape index (κ3) is 1.79. The van der Waals surface area contributed by atoms with Crippen LogP contribution in [0.25, 0.3) is 0 Å². The second-order valence-corrected chi connectivity index (χ2v) is 6.46. The molecule has 20 heavy (non-hydrogen) atoms. The molecule has 0 amide bonds. The molecule has 3 aliphatic rings. The zero-order valence-corrected chi connectivity index (χ0v) is 11.6. The van der Waals surface area contributed by atoms with Crippen molar-refractivity contribution in [3.05, 3.63) is 17.5 Å². The van der Waals surface area contributed by atoms with E-state index in [0.29, 0.717) is 17.8 Å². The number of rotatable bonds is 3. The molecule has 1 N–H and O–H groups in total. The van der Waals surface area contributed by atoms with Crippen molar-refractivity contribution in [2.45, 2.75) is 32.1 Å². The minimum Gasteiger partial charge on any atom is -0.481 e. The Morgan fingerprint density at radius 1 is 1.30 bits per heavy atom. The number of hydrogen-bond donors (Lipinski definition) is 1. The van der Waals surface area contributed by atoms with Gasteiger partial charge in [0, 0.05) is 30.4 Å². The zero-order chi connectivity index (χ0) is 13.9. The van der Waals surface area contributed by atoms with Crippen LogP contribution in [0.15, 0.2) is 6.07 Å². The Labute approximate surface area is 118 Å². The highest BCUT2D eigenvalue weighted by molar-refractivity contribution is 5.75. The van der Waals surface area contributed by atoms with Gasteiger partial charge in [-0.25, -0.2) is 9.97 Å². The smallest absolute Gasteiger partial charge is 0.307 e. The lowest BCUT2D eigenvalue weighted by molar-refractivity contribution is -0.139. The molecule has 2 unspecified atom stereocenters. The third-order valence-corrected chi connectivity index (χ3v) is 5.15. The molecule has 3 fully saturated rings. The first-order chi connectivity index (χ1) is 9.63. The minimum atomic E-state index is -0.639. The van der Waals surface area contributed by atoms with Gasteiger partial charge in [0.2, 0.25) is 5.95 Å². The standard InChI is InChI=1S/C15H19N3O2/c1-8-5-12(9-3-2-4-9)17-15(16-8)18-6-10-11(7-18)13(10)14(19)20/h5,9-11,13H,2-4,6-7H2,1H3,(H,19,20). The number of piperidine rings is 1. The van der Waals surface area contributed by atoms with Gasteiger partial charge >= 0.3 is 5.97 Å². The van der Waals surface area contributed by atoms with E-state index >= 15 is 0 Å². The van der Waals surface area contributed by atoms with E-state index in [9.17, 15) is 4.79 Å². The summed E-state index contributed by atoms with van der Waals surface area (Å²) in [5.74, 6) is 1.28. The Hall–Kier alpha value is -1.65. The minimum absolute atomic E-state index is 0.123. The number of anilines is 1. The Morgan fingerprint density at radius 3 is 2.55 bits per heavy atom. The van der Waals surface area contributed by atoms with Crippen molar-refractivity contribution in [1.82, 2.24) is 9.97 Å². The summed E-state index contributed by atoms with van der Waals surface area (Å²) >= 11 is 0. The summed E-state index contributed by atoms with van der Waals surface area (Å²) in [4.78, 5) is 22.5. The summed E-state index contributed by atoms with van der Waals surface area (Å²) in [6, 6.07) is 2.10. The molecule has 0 radical (unpaired) electrons. The first-order valence-electron chi connectivity index (χ1n) is 7.47. The molecule has 2 aliphatic carbocycles. The molecule has 4 rings (SSSR count). The van der Waals surface area contributed by atoms with E-state index in [1.165, 1.54) is 25.0 Å². The van der Waals surface area contributed by atoms with Gasteiger partial charge in [-0.05, 0) is 37.7 Å². The number of aliphatic carboxylic acids is 1. The first-order valence-corrected chi connectivity index (χ1v) is 7.47. The van der Waals surface area contributed by atoms with Gasteiger partial charge in [0.15, 0.2) is 0 Å². The van der Waals surface area contributed by atoms with E-state index in [4.69, 9.17) is 10.1 Å². The summed E-state index contributed by atoms with van der Waals surface area (Å²) in [6.45, 7) is 3.62. The van der Waals surface area contributed by atoms with Gasteiger partial charge < -0.3 is 10.0 Å². The predicted octanol–water partition coefficient (Wildman–Crippen LogP) is 1.82. The molecule has 1 aromatic heterocycles. The van der Waals surface area contributed by atoms with Gasteiger partial charge in [-0.15, -0.1) is 0 Å². The molecular formula is C15H19N3O2. The average Bonchev–Trinajstić information content (AvgIpc) is 2.83. The molecule has 2 atom stereocenters. The van der Waals surface area contributed by atoms with Crippen LogP contribution < -0.4 is 4.90 Å². The van der Waals surface area contributed by atoms with Crippen LogP contribution in [0.5, 0.6) is 0 Å². The summed E-state index contributed by atoms with van der Waals surface area (Å²) in [5, 5.41) is 9.07. The predicted molar refractivity (Wildman–Crippen MR) is 73.7 cm³/mol. The quantitative estimate of drug-likeness (QED) is 0.910. The maximum absolute atomic E-state index is 11.0. The van der Waals surface area contributed by atoms with Crippen LogP contribution in [0.4, 0.5) is 5.95 Å². The average molecular weight is 273 g/mol. The van der Waals surface area contributed by atoms with Gasteiger partial charge in [-0.3, -0.25) is 4.79 Å². The third-order valence-electron chi connectivity index (χ3n) is 5.15. The normalized spacial score (nSPS) is 31.9. The van der Waals surface area contributed by atoms with Crippen LogP contribution in [0, 0.1) is 24.7 Å². The van der Waals surface area contributed by atoms with E-state index in [2.05, 4.69) is 16.0 Å². The number of carbonyl (C=O) groups is 1. The van der Waals surface area contributed by atoms with Gasteiger partial charge in [-0.2, -0.15) is 0 Å². The van der Waals surface area contributed by atoms with Crippen molar-refractivity contribution < 1.29 is 9.90 Å². The lowest BCUT2D eigenvalue weighted by atomic mass is 9.83. The van der Waals surface area contributed by atoms with Crippen LogP contribution in [-0.4, -0.2) is 34.1 Å². The van der Waals surface area contributed by atoms with Crippen molar-refractivity contribution in [1.29, 1.82) is 0 Å². The molecule has 2 saturated carbocycles. The molecule has 1 saturated heterocycles. The van der Waals surface area contributed by atoms with Crippen LogP contribution in [0.3, 0.4) is 0 Å². The lowest BCUT2D eigenvalue weighted by Crippen LogP contribution is -2.28. The summed E-state index contributed by atoms with van der Waals surface area (Å²) in [7, 11) is 0. The number of aryl methyl sites for hydroxylation is 1. The molecule has 0 bridgehead atoms. The zero-order valence-electron chi connectivity index (χ0n) is 11.6. The fourth-order valence-electron chi connectivity index (χ4n) is 3.69. The summed E-state index contributed by atoms with van der Waals surface area (Å²) < 4.78 is 0. The van der Waals surface area contributed by atoms with Gasteiger partial charge in [0.05, 0.1) is 5.92 Å². The molecule has 1 aromatic rings. The number of hydrogen-bond acceptors (Lipinski definition) is 4. The van der Waals surface area contributed by atoms with E-state index < -0.39 is 5.97 Å². The van der Waals surface area contributed by atoms with Crippen molar-refractivity contribution in [2.24, 2.45) is 17.8 Å². The van der Waals surface area contributed by atoms with Crippen molar-refractivity contribution in [3.63, 3.8) is 0 Å². The SMILES string of the molecule is Cc1cc(C2CCC2)nc(N2CC3C(C2)C3C(=O)O)n1. The number of nitrogens with zero attached hydrogens (tertiary/aromatic N) is 3. The van der Waals surface area contributed by atoms with Crippen LogP contribution in [-0.2, 0) is 4.79 Å².